The minimum Gasteiger partial charge on any atom is -0.489 e. The summed E-state index contributed by atoms with van der Waals surface area (Å²) in [5, 5.41) is 9.13. The topological polar surface area (TPSA) is 55.8 Å². The van der Waals surface area contributed by atoms with E-state index < -0.39 is 5.97 Å². The monoisotopic (exact) mass is 286 g/mol. The van der Waals surface area contributed by atoms with Crippen molar-refractivity contribution in [3.8, 4) is 5.75 Å². The van der Waals surface area contributed by atoms with Crippen molar-refractivity contribution in [2.24, 2.45) is 0 Å². The first-order valence-electron chi connectivity index (χ1n) is 6.63. The Balaban J connectivity index is 2.49. The van der Waals surface area contributed by atoms with E-state index in [0.29, 0.717) is 24.9 Å². The Bertz CT molecular complexity index is 398. The maximum absolute atomic E-state index is 11.1. The van der Waals surface area contributed by atoms with Gasteiger partial charge < -0.3 is 14.6 Å². The summed E-state index contributed by atoms with van der Waals surface area (Å²) in [6.07, 6.45) is 2.14. The molecule has 0 spiro atoms. The lowest BCUT2D eigenvalue weighted by Gasteiger charge is -2.06. The summed E-state index contributed by atoms with van der Waals surface area (Å²) >= 11 is 1.28. The summed E-state index contributed by atoms with van der Waals surface area (Å²) in [6, 6.07) is 1.82. The lowest BCUT2D eigenvalue weighted by atomic mass is 10.2. The van der Waals surface area contributed by atoms with Gasteiger partial charge in [0.2, 0.25) is 0 Å². The SMILES string of the molecule is CCCCOCCOc1cc(C(C)C)sc1C(=O)O. The zero-order chi connectivity index (χ0) is 14.3. The van der Waals surface area contributed by atoms with Gasteiger partial charge in [-0.25, -0.2) is 4.79 Å². The minimum absolute atomic E-state index is 0.275. The van der Waals surface area contributed by atoms with E-state index in [1.165, 1.54) is 11.3 Å². The van der Waals surface area contributed by atoms with Crippen molar-refractivity contribution in [1.82, 2.24) is 0 Å². The number of thiophene rings is 1. The Kier molecular flexibility index (Phi) is 6.87. The molecule has 0 aromatic carbocycles. The quantitative estimate of drug-likeness (QED) is 0.702. The molecule has 1 aromatic rings. The fourth-order valence-corrected chi connectivity index (χ4v) is 2.44. The van der Waals surface area contributed by atoms with Crippen LogP contribution in [0.2, 0.25) is 0 Å². The number of carboxylic acids is 1. The average molecular weight is 286 g/mol. The Morgan fingerprint density at radius 1 is 1.37 bits per heavy atom. The van der Waals surface area contributed by atoms with Crippen molar-refractivity contribution >= 4 is 17.3 Å². The van der Waals surface area contributed by atoms with Gasteiger partial charge in [-0.1, -0.05) is 27.2 Å². The summed E-state index contributed by atoms with van der Waals surface area (Å²) in [4.78, 5) is 12.4. The van der Waals surface area contributed by atoms with Crippen LogP contribution in [-0.4, -0.2) is 30.9 Å². The molecule has 0 unspecified atom stereocenters. The average Bonchev–Trinajstić information content (AvgIpc) is 2.78. The van der Waals surface area contributed by atoms with Crippen molar-refractivity contribution in [1.29, 1.82) is 0 Å². The zero-order valence-electron chi connectivity index (χ0n) is 11.8. The molecule has 5 heteroatoms. The second-order valence-corrected chi connectivity index (χ2v) is 5.70. The van der Waals surface area contributed by atoms with Crippen LogP contribution in [-0.2, 0) is 4.74 Å². The molecule has 0 fully saturated rings. The molecule has 0 saturated carbocycles. The van der Waals surface area contributed by atoms with Crippen LogP contribution < -0.4 is 4.74 Å². The van der Waals surface area contributed by atoms with Gasteiger partial charge >= 0.3 is 5.97 Å². The number of rotatable bonds is 9. The van der Waals surface area contributed by atoms with Crippen LogP contribution in [0, 0.1) is 0 Å². The molecule has 0 aliphatic carbocycles. The Hall–Kier alpha value is -1.07. The van der Waals surface area contributed by atoms with Crippen LogP contribution >= 0.6 is 11.3 Å². The van der Waals surface area contributed by atoms with Crippen molar-refractivity contribution in [3.63, 3.8) is 0 Å². The van der Waals surface area contributed by atoms with E-state index in [2.05, 4.69) is 6.92 Å². The second kappa shape index (κ2) is 8.17. The molecular weight excluding hydrogens is 264 g/mol. The summed E-state index contributed by atoms with van der Waals surface area (Å²) in [6.45, 7) is 7.79. The number of hydrogen-bond acceptors (Lipinski definition) is 4. The van der Waals surface area contributed by atoms with E-state index in [4.69, 9.17) is 14.6 Å². The van der Waals surface area contributed by atoms with Gasteiger partial charge in [-0.3, -0.25) is 0 Å². The molecule has 0 saturated heterocycles. The highest BCUT2D eigenvalue weighted by Crippen LogP contribution is 2.33. The normalized spacial score (nSPS) is 10.9. The lowest BCUT2D eigenvalue weighted by Crippen LogP contribution is -2.08. The van der Waals surface area contributed by atoms with Crippen LogP contribution in [0.5, 0.6) is 5.75 Å². The fraction of sp³-hybridized carbons (Fsp3) is 0.643. The highest BCUT2D eigenvalue weighted by Gasteiger charge is 2.18. The molecule has 0 aliphatic heterocycles. The van der Waals surface area contributed by atoms with Crippen molar-refractivity contribution < 1.29 is 19.4 Å². The van der Waals surface area contributed by atoms with Gasteiger partial charge in [0.15, 0.2) is 4.88 Å². The van der Waals surface area contributed by atoms with E-state index >= 15 is 0 Å². The molecule has 4 nitrogen and oxygen atoms in total. The number of ether oxygens (including phenoxy) is 2. The standard InChI is InChI=1S/C14H22O4S/c1-4-5-6-17-7-8-18-11-9-12(10(2)3)19-13(11)14(15)16/h9-10H,4-8H2,1-3H3,(H,15,16). The van der Waals surface area contributed by atoms with Crippen LogP contribution in [0.15, 0.2) is 6.07 Å². The number of hydrogen-bond donors (Lipinski definition) is 1. The molecule has 1 N–H and O–H groups in total. The molecule has 19 heavy (non-hydrogen) atoms. The Labute approximate surface area is 118 Å². The molecule has 1 aromatic heterocycles. The highest BCUT2D eigenvalue weighted by molar-refractivity contribution is 7.14. The molecule has 108 valence electrons. The molecule has 0 radical (unpaired) electrons. The molecule has 0 aliphatic rings. The van der Waals surface area contributed by atoms with Crippen molar-refractivity contribution in [3.05, 3.63) is 15.8 Å². The smallest absolute Gasteiger partial charge is 0.349 e. The number of unbranched alkanes of at least 4 members (excludes halogenated alkanes) is 1. The molecule has 0 amide bonds. The van der Waals surface area contributed by atoms with Gasteiger partial charge in [0.1, 0.15) is 12.4 Å². The first-order chi connectivity index (χ1) is 9.06. The lowest BCUT2D eigenvalue weighted by molar-refractivity contribution is 0.0691. The predicted octanol–water partition coefficient (Wildman–Crippen LogP) is 3.77. The summed E-state index contributed by atoms with van der Waals surface area (Å²) in [7, 11) is 0. The van der Waals surface area contributed by atoms with Crippen LogP contribution in [0.25, 0.3) is 0 Å². The molecule has 0 bridgehead atoms. The van der Waals surface area contributed by atoms with Crippen molar-refractivity contribution in [2.45, 2.75) is 39.5 Å². The van der Waals surface area contributed by atoms with Crippen LogP contribution in [0.4, 0.5) is 0 Å². The summed E-state index contributed by atoms with van der Waals surface area (Å²) in [5.41, 5.74) is 0. The van der Waals surface area contributed by atoms with Gasteiger partial charge in [0, 0.05) is 11.5 Å². The number of aromatic carboxylic acids is 1. The summed E-state index contributed by atoms with van der Waals surface area (Å²) < 4.78 is 10.9. The molecule has 1 heterocycles. The maximum atomic E-state index is 11.1. The highest BCUT2D eigenvalue weighted by atomic mass is 32.1. The van der Waals surface area contributed by atoms with Crippen molar-refractivity contribution in [2.75, 3.05) is 19.8 Å². The molecular formula is C14H22O4S. The van der Waals surface area contributed by atoms with Gasteiger partial charge in [-0.15, -0.1) is 11.3 Å². The predicted molar refractivity (Wildman–Crippen MR) is 76.6 cm³/mol. The van der Waals surface area contributed by atoms with E-state index in [1.54, 1.807) is 0 Å². The first-order valence-corrected chi connectivity index (χ1v) is 7.45. The third kappa shape index (κ3) is 5.20. The van der Waals surface area contributed by atoms with Gasteiger partial charge in [-0.2, -0.15) is 0 Å². The van der Waals surface area contributed by atoms with E-state index in [1.807, 2.05) is 19.9 Å². The zero-order valence-corrected chi connectivity index (χ0v) is 12.6. The molecule has 1 rings (SSSR count). The first kappa shape index (κ1) is 16.0. The van der Waals surface area contributed by atoms with E-state index in [9.17, 15) is 4.79 Å². The van der Waals surface area contributed by atoms with Crippen LogP contribution in [0.3, 0.4) is 0 Å². The van der Waals surface area contributed by atoms with E-state index in [0.717, 1.165) is 24.3 Å². The molecule has 0 atom stereocenters. The fourth-order valence-electron chi connectivity index (χ4n) is 1.49. The third-order valence-electron chi connectivity index (χ3n) is 2.61. The van der Waals surface area contributed by atoms with Gasteiger partial charge in [-0.05, 0) is 18.4 Å². The Morgan fingerprint density at radius 3 is 2.68 bits per heavy atom. The van der Waals surface area contributed by atoms with E-state index in [-0.39, 0.29) is 4.88 Å². The minimum atomic E-state index is -0.932. The second-order valence-electron chi connectivity index (χ2n) is 4.62. The Morgan fingerprint density at radius 2 is 2.11 bits per heavy atom. The number of carbonyl (C=O) groups is 1. The third-order valence-corrected chi connectivity index (χ3v) is 4.01. The maximum Gasteiger partial charge on any atom is 0.349 e. The van der Waals surface area contributed by atoms with Gasteiger partial charge in [0.05, 0.1) is 6.61 Å². The van der Waals surface area contributed by atoms with Crippen LogP contribution in [0.1, 0.15) is 54.1 Å². The largest absolute Gasteiger partial charge is 0.489 e. The summed E-state index contributed by atoms with van der Waals surface area (Å²) in [5.74, 6) is -0.166. The number of carboxylic acid groups (broad SMARTS) is 1. The van der Waals surface area contributed by atoms with Gasteiger partial charge in [0.25, 0.3) is 0 Å².